The summed E-state index contributed by atoms with van der Waals surface area (Å²) < 4.78 is 10.2. The molecule has 0 fully saturated rings. The molecule has 25 heavy (non-hydrogen) atoms. The minimum Gasteiger partial charge on any atom is -0.467 e. The summed E-state index contributed by atoms with van der Waals surface area (Å²) in [5.41, 5.74) is 2.22. The first-order valence-corrected chi connectivity index (χ1v) is 8.11. The molecule has 0 radical (unpaired) electrons. The molecule has 1 atom stereocenters. The maximum absolute atomic E-state index is 11.8. The van der Waals surface area contributed by atoms with E-state index in [1.54, 1.807) is 12.3 Å². The number of benzene rings is 1. The highest BCUT2D eigenvalue weighted by Gasteiger charge is 2.19. The van der Waals surface area contributed by atoms with E-state index in [1.807, 2.05) is 42.5 Å². The van der Waals surface area contributed by atoms with E-state index in [0.717, 1.165) is 11.3 Å². The fraction of sp³-hybridized carbons (Fsp3) is 0.158. The molecule has 0 saturated heterocycles. The summed E-state index contributed by atoms with van der Waals surface area (Å²) >= 11 is 6.13. The number of hydrogen-bond acceptors (Lipinski definition) is 5. The van der Waals surface area contributed by atoms with Crippen LogP contribution in [0.15, 0.2) is 65.4 Å². The number of hydrogen-bond donors (Lipinski definition) is 1. The van der Waals surface area contributed by atoms with Crippen molar-refractivity contribution < 1.29 is 13.9 Å². The number of pyridine rings is 1. The van der Waals surface area contributed by atoms with Gasteiger partial charge in [-0.3, -0.25) is 10.3 Å². The monoisotopic (exact) mass is 356 g/mol. The first kappa shape index (κ1) is 17.2. The van der Waals surface area contributed by atoms with Gasteiger partial charge in [-0.05, 0) is 35.9 Å². The van der Waals surface area contributed by atoms with Crippen LogP contribution < -0.4 is 5.32 Å². The van der Waals surface area contributed by atoms with Crippen LogP contribution in [0.4, 0.5) is 0 Å². The van der Waals surface area contributed by atoms with Gasteiger partial charge in [0.1, 0.15) is 11.3 Å². The summed E-state index contributed by atoms with van der Waals surface area (Å²) in [6.45, 7) is 0.338. The second-order valence-corrected chi connectivity index (χ2v) is 5.81. The van der Waals surface area contributed by atoms with Crippen molar-refractivity contribution in [2.45, 2.75) is 12.6 Å². The van der Waals surface area contributed by atoms with Crippen LogP contribution in [0.3, 0.4) is 0 Å². The van der Waals surface area contributed by atoms with Crippen LogP contribution in [-0.4, -0.2) is 18.1 Å². The number of ether oxygens (including phenoxy) is 1. The zero-order valence-corrected chi connectivity index (χ0v) is 14.4. The summed E-state index contributed by atoms with van der Waals surface area (Å²) in [6.07, 6.45) is 3.21. The normalized spacial score (nSPS) is 11.9. The number of rotatable bonds is 6. The first-order valence-electron chi connectivity index (χ1n) is 7.73. The molecule has 0 aliphatic rings. The van der Waals surface area contributed by atoms with E-state index in [2.05, 4.69) is 10.3 Å². The van der Waals surface area contributed by atoms with E-state index in [-0.39, 0.29) is 6.04 Å². The molecule has 2 aromatic heterocycles. The minimum atomic E-state index is -0.428. The zero-order valence-electron chi connectivity index (χ0n) is 13.6. The molecule has 2 heterocycles. The van der Waals surface area contributed by atoms with Gasteiger partial charge in [-0.15, -0.1) is 0 Å². The molecule has 0 saturated carbocycles. The second kappa shape index (κ2) is 7.96. The third-order valence-corrected chi connectivity index (χ3v) is 4.02. The Morgan fingerprint density at radius 3 is 2.88 bits per heavy atom. The van der Waals surface area contributed by atoms with Gasteiger partial charge in [-0.1, -0.05) is 29.8 Å². The quantitative estimate of drug-likeness (QED) is 0.676. The van der Waals surface area contributed by atoms with Crippen LogP contribution in [-0.2, 0) is 11.3 Å². The van der Waals surface area contributed by atoms with Gasteiger partial charge in [0, 0.05) is 11.2 Å². The Labute approximate surface area is 150 Å². The lowest BCUT2D eigenvalue weighted by molar-refractivity contribution is 0.0598. The number of halogens is 1. The van der Waals surface area contributed by atoms with Gasteiger partial charge in [-0.2, -0.15) is 0 Å². The van der Waals surface area contributed by atoms with Crippen LogP contribution in [0.25, 0.3) is 0 Å². The number of methoxy groups -OCH3 is 1. The average Bonchev–Trinajstić information content (AvgIpc) is 3.11. The summed E-state index contributed by atoms with van der Waals surface area (Å²) in [5, 5.41) is 4.03. The van der Waals surface area contributed by atoms with Gasteiger partial charge < -0.3 is 9.15 Å². The minimum absolute atomic E-state index is 0.199. The Balaban J connectivity index is 1.87. The van der Waals surface area contributed by atoms with Crippen LogP contribution in [0.1, 0.15) is 33.4 Å². The zero-order chi connectivity index (χ0) is 17.6. The topological polar surface area (TPSA) is 64.4 Å². The van der Waals surface area contributed by atoms with Gasteiger partial charge in [0.2, 0.25) is 0 Å². The fourth-order valence-electron chi connectivity index (χ4n) is 2.59. The third kappa shape index (κ3) is 4.07. The van der Waals surface area contributed by atoms with Crippen molar-refractivity contribution in [3.63, 3.8) is 0 Å². The molecule has 0 aliphatic carbocycles. The van der Waals surface area contributed by atoms with Crippen molar-refractivity contribution in [3.8, 4) is 0 Å². The summed E-state index contributed by atoms with van der Waals surface area (Å²) in [6, 6.07) is 14.7. The first-order chi connectivity index (χ1) is 12.2. The average molecular weight is 357 g/mol. The Morgan fingerprint density at radius 1 is 1.28 bits per heavy atom. The molecule has 3 rings (SSSR count). The van der Waals surface area contributed by atoms with E-state index >= 15 is 0 Å². The number of carbonyl (C=O) groups is 1. The Bertz CT molecular complexity index is 849. The molecule has 3 aromatic rings. The van der Waals surface area contributed by atoms with Crippen molar-refractivity contribution in [3.05, 3.63) is 88.6 Å². The molecule has 128 valence electrons. The molecule has 1 N–H and O–H groups in total. The van der Waals surface area contributed by atoms with Gasteiger partial charge in [0.25, 0.3) is 0 Å². The van der Waals surface area contributed by atoms with Crippen molar-refractivity contribution in [2.24, 2.45) is 0 Å². The van der Waals surface area contributed by atoms with Crippen molar-refractivity contribution in [2.75, 3.05) is 7.11 Å². The van der Waals surface area contributed by atoms with E-state index < -0.39 is 5.97 Å². The lowest BCUT2D eigenvalue weighted by Gasteiger charge is -2.19. The summed E-state index contributed by atoms with van der Waals surface area (Å²) in [5.74, 6) is 0.0810. The summed E-state index contributed by atoms with van der Waals surface area (Å²) in [7, 11) is 1.34. The summed E-state index contributed by atoms with van der Waals surface area (Å²) in [4.78, 5) is 16.2. The predicted molar refractivity (Wildman–Crippen MR) is 94.4 cm³/mol. The van der Waals surface area contributed by atoms with E-state index in [0.29, 0.717) is 22.9 Å². The largest absolute Gasteiger partial charge is 0.467 e. The van der Waals surface area contributed by atoms with Gasteiger partial charge >= 0.3 is 5.97 Å². The molecule has 0 spiro atoms. The SMILES string of the molecule is COC(=O)c1ccoc1CN[C@@H](c1cccc(Cl)c1)c1ccccn1. The molecular formula is C19H17ClN2O3. The fourth-order valence-corrected chi connectivity index (χ4v) is 2.79. The van der Waals surface area contributed by atoms with Crippen molar-refractivity contribution in [1.29, 1.82) is 0 Å². The maximum atomic E-state index is 11.8. The Morgan fingerprint density at radius 2 is 2.16 bits per heavy atom. The molecule has 1 aromatic carbocycles. The number of nitrogens with zero attached hydrogens (tertiary/aromatic N) is 1. The molecule has 0 aliphatic heterocycles. The molecule has 5 nitrogen and oxygen atoms in total. The number of carbonyl (C=O) groups excluding carboxylic acids is 1. The molecule has 0 amide bonds. The highest BCUT2D eigenvalue weighted by atomic mass is 35.5. The lowest BCUT2D eigenvalue weighted by atomic mass is 10.0. The third-order valence-electron chi connectivity index (χ3n) is 3.78. The van der Waals surface area contributed by atoms with Gasteiger partial charge in [0.05, 0.1) is 31.7 Å². The maximum Gasteiger partial charge on any atom is 0.341 e. The molecule has 0 unspecified atom stereocenters. The standard InChI is InChI=1S/C19H17ClN2O3/c1-24-19(23)15-8-10-25-17(15)12-22-18(16-7-2-3-9-21-16)13-5-4-6-14(20)11-13/h2-11,18,22H,12H2,1H3/t18-/m0/s1. The van der Waals surface area contributed by atoms with Gasteiger partial charge in [0.15, 0.2) is 0 Å². The number of esters is 1. The highest BCUT2D eigenvalue weighted by Crippen LogP contribution is 2.24. The predicted octanol–water partition coefficient (Wildman–Crippen LogP) is 3.99. The Kier molecular flexibility index (Phi) is 5.48. The van der Waals surface area contributed by atoms with Gasteiger partial charge in [-0.25, -0.2) is 4.79 Å². The molecular weight excluding hydrogens is 340 g/mol. The number of nitrogens with one attached hydrogen (secondary N) is 1. The van der Waals surface area contributed by atoms with Crippen LogP contribution in [0, 0.1) is 0 Å². The van der Waals surface area contributed by atoms with Crippen LogP contribution in [0.2, 0.25) is 5.02 Å². The smallest absolute Gasteiger partial charge is 0.341 e. The van der Waals surface area contributed by atoms with Crippen LogP contribution >= 0.6 is 11.6 Å². The number of aromatic nitrogens is 1. The van der Waals surface area contributed by atoms with Crippen LogP contribution in [0.5, 0.6) is 0 Å². The second-order valence-electron chi connectivity index (χ2n) is 5.37. The number of furan rings is 1. The lowest BCUT2D eigenvalue weighted by Crippen LogP contribution is -2.23. The molecule has 6 heteroatoms. The highest BCUT2D eigenvalue weighted by molar-refractivity contribution is 6.30. The van der Waals surface area contributed by atoms with E-state index in [1.165, 1.54) is 13.4 Å². The van der Waals surface area contributed by atoms with E-state index in [4.69, 9.17) is 20.8 Å². The van der Waals surface area contributed by atoms with Crippen molar-refractivity contribution in [1.82, 2.24) is 10.3 Å². The Hall–Kier alpha value is -2.63. The molecule has 0 bridgehead atoms. The van der Waals surface area contributed by atoms with E-state index in [9.17, 15) is 4.79 Å². The van der Waals surface area contributed by atoms with Crippen molar-refractivity contribution >= 4 is 17.6 Å².